The van der Waals surface area contributed by atoms with Gasteiger partial charge >= 0.3 is 6.09 Å². The molecule has 8 heteroatoms. The van der Waals surface area contributed by atoms with Gasteiger partial charge in [-0.2, -0.15) is 0 Å². The van der Waals surface area contributed by atoms with Gasteiger partial charge in [0.1, 0.15) is 11.6 Å². The van der Waals surface area contributed by atoms with E-state index in [1.54, 1.807) is 39.8 Å². The topological polar surface area (TPSA) is 91.8 Å². The summed E-state index contributed by atoms with van der Waals surface area (Å²) in [5, 5.41) is 13.4. The molecule has 0 radical (unpaired) electrons. The SMILES string of the molecule is C[C@H](NC(=O)C1C(O)CCN1C(=O)OC(C)(C)C)c1ccc(Cl)cn1. The molecule has 2 rings (SSSR count). The first-order valence-electron chi connectivity index (χ1n) is 8.18. The molecule has 25 heavy (non-hydrogen) atoms. The fourth-order valence-corrected chi connectivity index (χ4v) is 2.75. The molecule has 1 aromatic heterocycles. The van der Waals surface area contributed by atoms with Crippen LogP contribution < -0.4 is 5.32 Å². The second-order valence-electron chi connectivity index (χ2n) is 7.11. The zero-order chi connectivity index (χ0) is 18.8. The van der Waals surface area contributed by atoms with Crippen molar-refractivity contribution in [3.05, 3.63) is 29.0 Å². The summed E-state index contributed by atoms with van der Waals surface area (Å²) in [5.74, 6) is -0.444. The molecule has 2 unspecified atom stereocenters. The number of nitrogens with zero attached hydrogens (tertiary/aromatic N) is 2. The van der Waals surface area contributed by atoms with Gasteiger partial charge in [-0.05, 0) is 46.2 Å². The summed E-state index contributed by atoms with van der Waals surface area (Å²) in [6.07, 6.45) is 0.279. The molecule has 1 aliphatic rings. The molecule has 1 aromatic rings. The Kier molecular flexibility index (Phi) is 5.90. The minimum absolute atomic E-state index is 0.266. The van der Waals surface area contributed by atoms with Crippen molar-refractivity contribution >= 4 is 23.6 Å². The number of carbonyl (C=O) groups excluding carboxylic acids is 2. The summed E-state index contributed by atoms with van der Waals surface area (Å²) in [7, 11) is 0. The first kappa shape index (κ1) is 19.5. The molecule has 0 aliphatic carbocycles. The number of ether oxygens (including phenoxy) is 1. The molecule has 2 heterocycles. The summed E-state index contributed by atoms with van der Waals surface area (Å²) in [6.45, 7) is 7.29. The van der Waals surface area contributed by atoms with Crippen molar-refractivity contribution in [1.29, 1.82) is 0 Å². The highest BCUT2D eigenvalue weighted by atomic mass is 35.5. The Bertz CT molecular complexity index is 630. The van der Waals surface area contributed by atoms with Crippen molar-refractivity contribution in [3.8, 4) is 0 Å². The van der Waals surface area contributed by atoms with Gasteiger partial charge in [0.05, 0.1) is 22.9 Å². The Morgan fingerprint density at radius 2 is 2.12 bits per heavy atom. The lowest BCUT2D eigenvalue weighted by Crippen LogP contribution is -2.51. The van der Waals surface area contributed by atoms with Crippen LogP contribution in [-0.2, 0) is 9.53 Å². The maximum absolute atomic E-state index is 12.6. The second-order valence-corrected chi connectivity index (χ2v) is 7.54. The van der Waals surface area contributed by atoms with Gasteiger partial charge < -0.3 is 15.2 Å². The number of aromatic nitrogens is 1. The van der Waals surface area contributed by atoms with Gasteiger partial charge in [-0.3, -0.25) is 14.7 Å². The number of carbonyl (C=O) groups is 2. The summed E-state index contributed by atoms with van der Waals surface area (Å²) in [4.78, 5) is 30.3. The van der Waals surface area contributed by atoms with Crippen LogP contribution in [-0.4, -0.2) is 51.3 Å². The third-order valence-electron chi connectivity index (χ3n) is 3.82. The summed E-state index contributed by atoms with van der Waals surface area (Å²) >= 11 is 5.81. The number of nitrogens with one attached hydrogen (secondary N) is 1. The zero-order valence-electron chi connectivity index (χ0n) is 14.8. The Hall–Kier alpha value is -1.86. The van der Waals surface area contributed by atoms with Crippen LogP contribution in [0.5, 0.6) is 0 Å². The number of hydrogen-bond acceptors (Lipinski definition) is 5. The Labute approximate surface area is 152 Å². The number of likely N-dealkylation sites (tertiary alicyclic amines) is 1. The highest BCUT2D eigenvalue weighted by molar-refractivity contribution is 6.30. The van der Waals surface area contributed by atoms with Gasteiger partial charge in [0.15, 0.2) is 0 Å². The van der Waals surface area contributed by atoms with Gasteiger partial charge in [-0.1, -0.05) is 11.6 Å². The molecule has 1 saturated heterocycles. The van der Waals surface area contributed by atoms with E-state index in [2.05, 4.69) is 10.3 Å². The van der Waals surface area contributed by atoms with Gasteiger partial charge in [-0.25, -0.2) is 4.79 Å². The number of aliphatic hydroxyl groups is 1. The van der Waals surface area contributed by atoms with Crippen molar-refractivity contribution < 1.29 is 19.4 Å². The van der Waals surface area contributed by atoms with E-state index in [1.807, 2.05) is 0 Å². The van der Waals surface area contributed by atoms with Crippen molar-refractivity contribution in [3.63, 3.8) is 0 Å². The summed E-state index contributed by atoms with van der Waals surface area (Å²) in [5.41, 5.74) is -0.0411. The van der Waals surface area contributed by atoms with Crippen LogP contribution in [0.3, 0.4) is 0 Å². The molecule has 0 spiro atoms. The Morgan fingerprint density at radius 1 is 1.44 bits per heavy atom. The standard InChI is InChI=1S/C17H24ClN3O4/c1-10(12-6-5-11(18)9-19-12)20-15(23)14-13(22)7-8-21(14)16(24)25-17(2,3)4/h5-6,9-10,13-14,22H,7-8H2,1-4H3,(H,20,23)/t10-,13?,14?/m0/s1. The highest BCUT2D eigenvalue weighted by Crippen LogP contribution is 2.23. The first-order chi connectivity index (χ1) is 11.6. The molecule has 2 amide bonds. The molecule has 7 nitrogen and oxygen atoms in total. The van der Waals surface area contributed by atoms with E-state index in [-0.39, 0.29) is 6.54 Å². The second kappa shape index (κ2) is 7.58. The number of rotatable bonds is 3. The Morgan fingerprint density at radius 3 is 2.68 bits per heavy atom. The third-order valence-corrected chi connectivity index (χ3v) is 4.04. The maximum Gasteiger partial charge on any atom is 0.411 e. The lowest BCUT2D eigenvalue weighted by atomic mass is 10.1. The maximum atomic E-state index is 12.6. The molecule has 1 fully saturated rings. The number of aliphatic hydroxyl groups excluding tert-OH is 1. The summed E-state index contributed by atoms with van der Waals surface area (Å²) < 4.78 is 5.32. The molecule has 0 aromatic carbocycles. The smallest absolute Gasteiger partial charge is 0.411 e. The fraction of sp³-hybridized carbons (Fsp3) is 0.588. The van der Waals surface area contributed by atoms with E-state index in [4.69, 9.17) is 16.3 Å². The fourth-order valence-electron chi connectivity index (χ4n) is 2.63. The predicted octanol–water partition coefficient (Wildman–Crippen LogP) is 2.28. The largest absolute Gasteiger partial charge is 0.444 e. The highest BCUT2D eigenvalue weighted by Gasteiger charge is 2.43. The molecular formula is C17H24ClN3O4. The van der Waals surface area contributed by atoms with E-state index in [9.17, 15) is 14.7 Å². The average molecular weight is 370 g/mol. The molecule has 0 saturated carbocycles. The van der Waals surface area contributed by atoms with Crippen LogP contribution in [0.15, 0.2) is 18.3 Å². The lowest BCUT2D eigenvalue weighted by molar-refractivity contribution is -0.128. The van der Waals surface area contributed by atoms with Gasteiger partial charge in [0.2, 0.25) is 5.91 Å². The predicted molar refractivity (Wildman–Crippen MR) is 93.2 cm³/mol. The quantitative estimate of drug-likeness (QED) is 0.852. The monoisotopic (exact) mass is 369 g/mol. The van der Waals surface area contributed by atoms with Crippen molar-refractivity contribution in [2.24, 2.45) is 0 Å². The van der Waals surface area contributed by atoms with Crippen LogP contribution in [0.4, 0.5) is 4.79 Å². The van der Waals surface area contributed by atoms with Crippen LogP contribution in [0.2, 0.25) is 5.02 Å². The minimum atomic E-state index is -0.982. The molecular weight excluding hydrogens is 346 g/mol. The van der Waals surface area contributed by atoms with Gasteiger partial charge in [0, 0.05) is 12.7 Å². The summed E-state index contributed by atoms with van der Waals surface area (Å²) in [6, 6.07) is 2.02. The number of halogens is 1. The number of amides is 2. The van der Waals surface area contributed by atoms with E-state index < -0.39 is 35.8 Å². The van der Waals surface area contributed by atoms with E-state index in [0.717, 1.165) is 0 Å². The van der Waals surface area contributed by atoms with Crippen LogP contribution in [0.25, 0.3) is 0 Å². The van der Waals surface area contributed by atoms with Gasteiger partial charge in [0.25, 0.3) is 0 Å². The van der Waals surface area contributed by atoms with Crippen LogP contribution in [0, 0.1) is 0 Å². The average Bonchev–Trinajstić information content (AvgIpc) is 2.88. The molecule has 0 bridgehead atoms. The Balaban J connectivity index is 2.07. The molecule has 1 aliphatic heterocycles. The van der Waals surface area contributed by atoms with E-state index in [1.165, 1.54) is 11.1 Å². The first-order valence-corrected chi connectivity index (χ1v) is 8.56. The van der Waals surface area contributed by atoms with Crippen molar-refractivity contribution in [1.82, 2.24) is 15.2 Å². The minimum Gasteiger partial charge on any atom is -0.444 e. The van der Waals surface area contributed by atoms with Crippen molar-refractivity contribution in [2.75, 3.05) is 6.54 Å². The number of hydrogen-bond donors (Lipinski definition) is 2. The lowest BCUT2D eigenvalue weighted by Gasteiger charge is -2.29. The van der Waals surface area contributed by atoms with E-state index >= 15 is 0 Å². The van der Waals surface area contributed by atoms with Crippen LogP contribution >= 0.6 is 11.6 Å². The van der Waals surface area contributed by atoms with Crippen LogP contribution in [0.1, 0.15) is 45.9 Å². The van der Waals surface area contributed by atoms with Crippen molar-refractivity contribution in [2.45, 2.75) is 57.9 Å². The zero-order valence-corrected chi connectivity index (χ0v) is 15.6. The van der Waals surface area contributed by atoms with E-state index in [0.29, 0.717) is 17.1 Å². The third kappa shape index (κ3) is 5.06. The molecule has 3 atom stereocenters. The normalized spacial score (nSPS) is 21.8. The molecule has 138 valence electrons. The molecule has 2 N–H and O–H groups in total. The number of pyridine rings is 1. The van der Waals surface area contributed by atoms with Gasteiger partial charge in [-0.15, -0.1) is 0 Å².